The van der Waals surface area contributed by atoms with E-state index in [0.717, 1.165) is 23.5 Å². The molecule has 3 rings (SSSR count). The fourth-order valence-corrected chi connectivity index (χ4v) is 3.47. The van der Waals surface area contributed by atoms with Crippen LogP contribution in [0.3, 0.4) is 0 Å². The Morgan fingerprint density at radius 2 is 1.97 bits per heavy atom. The van der Waals surface area contributed by atoms with Gasteiger partial charge in [-0.15, -0.1) is 0 Å². The molecular formula is C21H28FN7O. The number of aryl methyl sites for hydroxylation is 1. The summed E-state index contributed by atoms with van der Waals surface area (Å²) in [5, 5.41) is 11.5. The number of anilines is 3. The Labute approximate surface area is 174 Å². The average Bonchev–Trinajstić information content (AvgIpc) is 3.09. The van der Waals surface area contributed by atoms with Crippen LogP contribution >= 0.6 is 0 Å². The predicted molar refractivity (Wildman–Crippen MR) is 117 cm³/mol. The van der Waals surface area contributed by atoms with E-state index in [1.807, 2.05) is 50.6 Å². The number of pyridine rings is 1. The first-order valence-corrected chi connectivity index (χ1v) is 9.96. The number of carbonyl (C=O) groups is 1. The number of aromatic nitrogens is 3. The topological polar surface area (TPSA) is 124 Å². The van der Waals surface area contributed by atoms with E-state index in [9.17, 15) is 9.18 Å². The van der Waals surface area contributed by atoms with Crippen molar-refractivity contribution in [2.24, 2.45) is 17.4 Å². The van der Waals surface area contributed by atoms with Crippen LogP contribution in [0.5, 0.6) is 0 Å². The van der Waals surface area contributed by atoms with Crippen molar-refractivity contribution < 1.29 is 9.18 Å². The summed E-state index contributed by atoms with van der Waals surface area (Å²) < 4.78 is 16.5. The molecular weight excluding hydrogens is 385 g/mol. The molecule has 0 spiro atoms. The Morgan fingerprint density at radius 1 is 1.23 bits per heavy atom. The minimum absolute atomic E-state index is 0.0122. The molecule has 8 nitrogen and oxygen atoms in total. The van der Waals surface area contributed by atoms with Gasteiger partial charge >= 0.3 is 0 Å². The monoisotopic (exact) mass is 413 g/mol. The van der Waals surface area contributed by atoms with Crippen LogP contribution in [0.25, 0.3) is 10.9 Å². The molecule has 1 aromatic carbocycles. The van der Waals surface area contributed by atoms with Crippen LogP contribution in [0.15, 0.2) is 30.5 Å². The van der Waals surface area contributed by atoms with Crippen LogP contribution in [0.2, 0.25) is 0 Å². The van der Waals surface area contributed by atoms with Crippen molar-refractivity contribution in [3.8, 4) is 0 Å². The molecule has 6 N–H and O–H groups in total. The molecule has 0 aliphatic rings. The van der Waals surface area contributed by atoms with Crippen molar-refractivity contribution in [3.05, 3.63) is 41.8 Å². The summed E-state index contributed by atoms with van der Waals surface area (Å²) in [5.41, 5.74) is 13.1. The van der Waals surface area contributed by atoms with Gasteiger partial charge in [-0.2, -0.15) is 5.10 Å². The standard InChI is InChI=1S/C21H28FN7O/c1-5-29-17-8-14(7-6-13(17)10-25-29)26-20-15(19(24)30)9-16(22)21(28-20)27-18(11(2)3)12(4)23/h6-12,18H,5,23H2,1-4H3,(H2,24,30)(H2,26,27,28)/t12-,18+/m0/s1. The highest BCUT2D eigenvalue weighted by molar-refractivity contribution is 5.99. The Kier molecular flexibility index (Phi) is 6.21. The Hall–Kier alpha value is -3.20. The number of benzene rings is 1. The Morgan fingerprint density at radius 3 is 2.57 bits per heavy atom. The maximum Gasteiger partial charge on any atom is 0.252 e. The smallest absolute Gasteiger partial charge is 0.252 e. The quantitative estimate of drug-likeness (QED) is 0.449. The summed E-state index contributed by atoms with van der Waals surface area (Å²) in [6, 6.07) is 6.31. The van der Waals surface area contributed by atoms with E-state index in [1.54, 1.807) is 6.20 Å². The van der Waals surface area contributed by atoms with Crippen molar-refractivity contribution >= 4 is 34.1 Å². The number of rotatable bonds is 8. The van der Waals surface area contributed by atoms with Gasteiger partial charge in [-0.1, -0.05) is 13.8 Å². The van der Waals surface area contributed by atoms with Gasteiger partial charge in [-0.25, -0.2) is 9.37 Å². The molecule has 2 aromatic heterocycles. The van der Waals surface area contributed by atoms with Crippen LogP contribution in [-0.2, 0) is 6.54 Å². The molecule has 0 aliphatic carbocycles. The molecule has 0 unspecified atom stereocenters. The van der Waals surface area contributed by atoms with Gasteiger partial charge in [0, 0.05) is 29.7 Å². The predicted octanol–water partition coefficient (Wildman–Crippen LogP) is 3.22. The summed E-state index contributed by atoms with van der Waals surface area (Å²) in [6.45, 7) is 8.54. The third-order valence-electron chi connectivity index (χ3n) is 5.04. The minimum Gasteiger partial charge on any atom is -0.365 e. The lowest BCUT2D eigenvalue weighted by atomic mass is 9.98. The lowest BCUT2D eigenvalue weighted by Crippen LogP contribution is -2.42. The molecule has 0 saturated heterocycles. The third kappa shape index (κ3) is 4.35. The molecule has 1 amide bonds. The number of nitrogens with one attached hydrogen (secondary N) is 2. The number of hydrogen-bond acceptors (Lipinski definition) is 6. The van der Waals surface area contributed by atoms with Gasteiger partial charge < -0.3 is 22.1 Å². The highest BCUT2D eigenvalue weighted by Gasteiger charge is 2.22. The lowest BCUT2D eigenvalue weighted by molar-refractivity contribution is 0.100. The van der Waals surface area contributed by atoms with Gasteiger partial charge in [-0.3, -0.25) is 9.48 Å². The van der Waals surface area contributed by atoms with Crippen LogP contribution in [-0.4, -0.2) is 32.8 Å². The molecule has 30 heavy (non-hydrogen) atoms. The van der Waals surface area contributed by atoms with Crippen molar-refractivity contribution in [2.45, 2.75) is 46.3 Å². The van der Waals surface area contributed by atoms with Gasteiger partial charge in [0.25, 0.3) is 5.91 Å². The molecule has 160 valence electrons. The lowest BCUT2D eigenvalue weighted by Gasteiger charge is -2.27. The number of fused-ring (bicyclic) bond motifs is 1. The van der Waals surface area contributed by atoms with Crippen LogP contribution in [0, 0.1) is 11.7 Å². The summed E-state index contributed by atoms with van der Waals surface area (Å²) in [4.78, 5) is 16.2. The summed E-state index contributed by atoms with van der Waals surface area (Å²) in [5.74, 6) is -1.11. The van der Waals surface area contributed by atoms with E-state index in [4.69, 9.17) is 11.5 Å². The fourth-order valence-electron chi connectivity index (χ4n) is 3.47. The second-order valence-corrected chi connectivity index (χ2v) is 7.71. The van der Waals surface area contributed by atoms with Gasteiger partial charge in [0.05, 0.1) is 17.3 Å². The van der Waals surface area contributed by atoms with E-state index in [1.165, 1.54) is 0 Å². The maximum atomic E-state index is 14.7. The van der Waals surface area contributed by atoms with E-state index < -0.39 is 11.7 Å². The second-order valence-electron chi connectivity index (χ2n) is 7.71. The average molecular weight is 414 g/mol. The van der Waals surface area contributed by atoms with Gasteiger partial charge in [-0.05, 0) is 44.0 Å². The van der Waals surface area contributed by atoms with Crippen molar-refractivity contribution in [1.29, 1.82) is 0 Å². The molecule has 9 heteroatoms. The normalized spacial score (nSPS) is 13.4. The largest absolute Gasteiger partial charge is 0.365 e. The first-order chi connectivity index (χ1) is 14.2. The van der Waals surface area contributed by atoms with E-state index in [-0.39, 0.29) is 35.2 Å². The number of halogens is 1. The number of amides is 1. The number of nitrogens with zero attached hydrogens (tertiary/aromatic N) is 3. The zero-order valence-corrected chi connectivity index (χ0v) is 17.6. The van der Waals surface area contributed by atoms with Crippen molar-refractivity contribution in [3.63, 3.8) is 0 Å². The highest BCUT2D eigenvalue weighted by Crippen LogP contribution is 2.27. The second kappa shape index (κ2) is 8.66. The highest BCUT2D eigenvalue weighted by atomic mass is 19.1. The number of nitrogens with two attached hydrogens (primary N) is 2. The summed E-state index contributed by atoms with van der Waals surface area (Å²) in [6.07, 6.45) is 1.79. The SMILES string of the molecule is CCn1ncc2ccc(Nc3nc(N[C@H](C(C)C)[C@H](C)N)c(F)cc3C(N)=O)cc21. The molecule has 2 heterocycles. The Balaban J connectivity index is 2.01. The van der Waals surface area contributed by atoms with Crippen molar-refractivity contribution in [2.75, 3.05) is 10.6 Å². The fraction of sp³-hybridized carbons (Fsp3) is 0.381. The maximum absolute atomic E-state index is 14.7. The van der Waals surface area contributed by atoms with E-state index in [2.05, 4.69) is 20.7 Å². The van der Waals surface area contributed by atoms with E-state index >= 15 is 0 Å². The molecule has 0 radical (unpaired) electrons. The van der Waals surface area contributed by atoms with Gasteiger partial charge in [0.2, 0.25) is 0 Å². The zero-order chi connectivity index (χ0) is 22.0. The van der Waals surface area contributed by atoms with Crippen molar-refractivity contribution in [1.82, 2.24) is 14.8 Å². The summed E-state index contributed by atoms with van der Waals surface area (Å²) in [7, 11) is 0. The van der Waals surface area contributed by atoms with E-state index in [0.29, 0.717) is 5.69 Å². The molecule has 0 saturated carbocycles. The number of hydrogen-bond donors (Lipinski definition) is 4. The molecule has 0 aliphatic heterocycles. The molecule has 0 bridgehead atoms. The number of primary amides is 1. The molecule has 0 fully saturated rings. The summed E-state index contributed by atoms with van der Waals surface area (Å²) >= 11 is 0. The first-order valence-electron chi connectivity index (χ1n) is 9.96. The van der Waals surface area contributed by atoms with Crippen LogP contribution in [0.4, 0.5) is 21.7 Å². The minimum atomic E-state index is -0.775. The number of carbonyl (C=O) groups excluding carboxylic acids is 1. The van der Waals surface area contributed by atoms with Crippen LogP contribution < -0.4 is 22.1 Å². The van der Waals surface area contributed by atoms with Gasteiger partial charge in [0.1, 0.15) is 5.82 Å². The molecule has 3 aromatic rings. The Bertz CT molecular complexity index is 1050. The molecule has 2 atom stereocenters. The van der Waals surface area contributed by atoms with Gasteiger partial charge in [0.15, 0.2) is 11.6 Å². The first kappa shape index (κ1) is 21.5. The van der Waals surface area contributed by atoms with Crippen LogP contribution in [0.1, 0.15) is 38.1 Å². The third-order valence-corrected chi connectivity index (χ3v) is 5.04. The zero-order valence-electron chi connectivity index (χ0n) is 17.6.